The summed E-state index contributed by atoms with van der Waals surface area (Å²) in [6.45, 7) is 4.76. The van der Waals surface area contributed by atoms with Crippen LogP contribution in [0.25, 0.3) is 0 Å². The third-order valence-electron chi connectivity index (χ3n) is 2.70. The molecule has 2 atom stereocenters. The summed E-state index contributed by atoms with van der Waals surface area (Å²) in [5.74, 6) is -1.04. The summed E-state index contributed by atoms with van der Waals surface area (Å²) in [6, 6.07) is 3.01. The maximum Gasteiger partial charge on any atom is 0.258 e. The van der Waals surface area contributed by atoms with Crippen molar-refractivity contribution in [3.8, 4) is 0 Å². The molecule has 1 amide bonds. The number of aromatic nitrogens is 1. The molecule has 0 N–H and O–H groups in total. The molecule has 0 aromatic carbocycles. The topological polar surface area (TPSA) is 42.4 Å². The molecule has 1 fully saturated rings. The van der Waals surface area contributed by atoms with Gasteiger partial charge in [0.2, 0.25) is 5.95 Å². The van der Waals surface area contributed by atoms with E-state index in [-0.39, 0.29) is 23.7 Å². The van der Waals surface area contributed by atoms with E-state index in [2.05, 4.69) is 4.98 Å². The number of rotatable bonds is 1. The number of amides is 1. The molecular formula is C12H15FN2O2. The van der Waals surface area contributed by atoms with E-state index >= 15 is 0 Å². The number of nitrogens with zero attached hydrogens (tertiary/aromatic N) is 2. The zero-order valence-electron chi connectivity index (χ0n) is 9.89. The molecule has 0 aliphatic carbocycles. The summed E-state index contributed by atoms with van der Waals surface area (Å²) in [6.07, 6.45) is 1.28. The standard InChI is InChI=1S/C12H15FN2O2/c1-8-6-15(7-9(2)17-8)12(16)10-4-3-5-14-11(10)13/h3-5,8-9H,6-7H2,1-2H3. The minimum atomic E-state index is -0.718. The summed E-state index contributed by atoms with van der Waals surface area (Å²) in [7, 11) is 0. The maximum absolute atomic E-state index is 13.4. The lowest BCUT2D eigenvalue weighted by molar-refractivity contribution is -0.0587. The highest BCUT2D eigenvalue weighted by molar-refractivity contribution is 5.94. The number of ether oxygens (including phenoxy) is 1. The van der Waals surface area contributed by atoms with E-state index in [1.54, 1.807) is 11.0 Å². The van der Waals surface area contributed by atoms with Crippen molar-refractivity contribution >= 4 is 5.91 Å². The van der Waals surface area contributed by atoms with Crippen molar-refractivity contribution in [2.45, 2.75) is 26.1 Å². The zero-order chi connectivity index (χ0) is 12.4. The van der Waals surface area contributed by atoms with Crippen molar-refractivity contribution in [2.75, 3.05) is 13.1 Å². The lowest BCUT2D eigenvalue weighted by atomic mass is 10.2. The summed E-state index contributed by atoms with van der Waals surface area (Å²) >= 11 is 0. The molecule has 17 heavy (non-hydrogen) atoms. The SMILES string of the molecule is CC1CN(C(=O)c2cccnc2F)CC(C)O1. The number of carbonyl (C=O) groups excluding carboxylic acids is 1. The van der Waals surface area contributed by atoms with Gasteiger partial charge in [0.1, 0.15) is 0 Å². The Hall–Kier alpha value is -1.49. The fourth-order valence-corrected chi connectivity index (χ4v) is 2.06. The average Bonchev–Trinajstić information content (AvgIpc) is 2.27. The van der Waals surface area contributed by atoms with Crippen LogP contribution in [0.4, 0.5) is 4.39 Å². The van der Waals surface area contributed by atoms with E-state index in [0.29, 0.717) is 13.1 Å². The zero-order valence-corrected chi connectivity index (χ0v) is 9.89. The Bertz CT molecular complexity index is 415. The summed E-state index contributed by atoms with van der Waals surface area (Å²) < 4.78 is 18.9. The predicted octanol–water partition coefficient (Wildman–Crippen LogP) is 1.47. The van der Waals surface area contributed by atoms with Crippen LogP contribution in [0.2, 0.25) is 0 Å². The van der Waals surface area contributed by atoms with Gasteiger partial charge in [-0.2, -0.15) is 4.39 Å². The van der Waals surface area contributed by atoms with Crippen LogP contribution in [0.3, 0.4) is 0 Å². The number of hydrogen-bond donors (Lipinski definition) is 0. The summed E-state index contributed by atoms with van der Waals surface area (Å²) in [5.41, 5.74) is 0.0220. The lowest BCUT2D eigenvalue weighted by Crippen LogP contribution is -2.48. The molecule has 0 spiro atoms. The fraction of sp³-hybridized carbons (Fsp3) is 0.500. The molecule has 0 radical (unpaired) electrons. The number of halogens is 1. The van der Waals surface area contributed by atoms with Gasteiger partial charge in [-0.3, -0.25) is 4.79 Å². The van der Waals surface area contributed by atoms with Crippen LogP contribution in [0.15, 0.2) is 18.3 Å². The van der Waals surface area contributed by atoms with Gasteiger partial charge in [0.15, 0.2) is 0 Å². The number of morpholine rings is 1. The summed E-state index contributed by atoms with van der Waals surface area (Å²) in [5, 5.41) is 0. The average molecular weight is 238 g/mol. The van der Waals surface area contributed by atoms with Gasteiger partial charge in [-0.15, -0.1) is 0 Å². The highest BCUT2D eigenvalue weighted by Gasteiger charge is 2.28. The van der Waals surface area contributed by atoms with E-state index in [1.165, 1.54) is 12.3 Å². The minimum absolute atomic E-state index is 0.0220. The molecular weight excluding hydrogens is 223 g/mol. The van der Waals surface area contributed by atoms with Crippen molar-refractivity contribution in [3.63, 3.8) is 0 Å². The Morgan fingerprint density at radius 1 is 1.47 bits per heavy atom. The molecule has 2 unspecified atom stereocenters. The van der Waals surface area contributed by atoms with Crippen LogP contribution < -0.4 is 0 Å². The molecule has 0 bridgehead atoms. The second kappa shape index (κ2) is 4.79. The van der Waals surface area contributed by atoms with Gasteiger partial charge in [-0.25, -0.2) is 4.98 Å². The second-order valence-electron chi connectivity index (χ2n) is 4.31. The third-order valence-corrected chi connectivity index (χ3v) is 2.70. The molecule has 2 heterocycles. The normalized spacial score (nSPS) is 24.8. The highest BCUT2D eigenvalue weighted by atomic mass is 19.1. The Kier molecular flexibility index (Phi) is 3.38. The van der Waals surface area contributed by atoms with Gasteiger partial charge < -0.3 is 9.64 Å². The van der Waals surface area contributed by atoms with Crippen LogP contribution in [-0.2, 0) is 4.74 Å². The van der Waals surface area contributed by atoms with E-state index in [1.807, 2.05) is 13.8 Å². The largest absolute Gasteiger partial charge is 0.372 e. The van der Waals surface area contributed by atoms with Gasteiger partial charge >= 0.3 is 0 Å². The first-order chi connectivity index (χ1) is 8.08. The molecule has 1 aromatic heterocycles. The van der Waals surface area contributed by atoms with Gasteiger partial charge in [0.25, 0.3) is 5.91 Å². The van der Waals surface area contributed by atoms with E-state index in [4.69, 9.17) is 4.74 Å². The highest BCUT2D eigenvalue weighted by Crippen LogP contribution is 2.15. The van der Waals surface area contributed by atoms with Crippen LogP contribution in [0.5, 0.6) is 0 Å². The molecule has 5 heteroatoms. The van der Waals surface area contributed by atoms with Gasteiger partial charge in [0, 0.05) is 19.3 Å². The van der Waals surface area contributed by atoms with Crippen molar-refractivity contribution in [2.24, 2.45) is 0 Å². The Labute approximate surface area is 99.4 Å². The third kappa shape index (κ3) is 2.61. The van der Waals surface area contributed by atoms with Crippen LogP contribution in [0.1, 0.15) is 24.2 Å². The quantitative estimate of drug-likeness (QED) is 0.696. The predicted molar refractivity (Wildman–Crippen MR) is 60.1 cm³/mol. The number of pyridine rings is 1. The monoisotopic (exact) mass is 238 g/mol. The number of carbonyl (C=O) groups is 1. The van der Waals surface area contributed by atoms with E-state index in [9.17, 15) is 9.18 Å². The van der Waals surface area contributed by atoms with Crippen LogP contribution >= 0.6 is 0 Å². The Balaban J connectivity index is 2.17. The molecule has 1 aliphatic rings. The molecule has 2 rings (SSSR count). The molecule has 1 aromatic rings. The minimum Gasteiger partial charge on any atom is -0.372 e. The first-order valence-electron chi connectivity index (χ1n) is 5.63. The molecule has 92 valence electrons. The van der Waals surface area contributed by atoms with Crippen molar-refractivity contribution in [1.29, 1.82) is 0 Å². The lowest BCUT2D eigenvalue weighted by Gasteiger charge is -2.35. The van der Waals surface area contributed by atoms with Crippen molar-refractivity contribution < 1.29 is 13.9 Å². The second-order valence-corrected chi connectivity index (χ2v) is 4.31. The van der Waals surface area contributed by atoms with Gasteiger partial charge in [-0.05, 0) is 26.0 Å². The maximum atomic E-state index is 13.4. The van der Waals surface area contributed by atoms with Crippen LogP contribution in [-0.4, -0.2) is 41.1 Å². The fourth-order valence-electron chi connectivity index (χ4n) is 2.06. The first kappa shape index (κ1) is 12.0. The van der Waals surface area contributed by atoms with Crippen molar-refractivity contribution in [3.05, 3.63) is 29.8 Å². The molecule has 4 nitrogen and oxygen atoms in total. The molecule has 1 saturated heterocycles. The van der Waals surface area contributed by atoms with Gasteiger partial charge in [-0.1, -0.05) is 0 Å². The molecule has 0 saturated carbocycles. The smallest absolute Gasteiger partial charge is 0.258 e. The number of hydrogen-bond acceptors (Lipinski definition) is 3. The van der Waals surface area contributed by atoms with Crippen LogP contribution in [0, 0.1) is 5.95 Å². The van der Waals surface area contributed by atoms with Crippen molar-refractivity contribution in [1.82, 2.24) is 9.88 Å². The van der Waals surface area contributed by atoms with E-state index in [0.717, 1.165) is 0 Å². The van der Waals surface area contributed by atoms with Gasteiger partial charge in [0.05, 0.1) is 17.8 Å². The first-order valence-corrected chi connectivity index (χ1v) is 5.63. The van der Waals surface area contributed by atoms with E-state index < -0.39 is 5.95 Å². The Morgan fingerprint density at radius 3 is 2.71 bits per heavy atom. The summed E-state index contributed by atoms with van der Waals surface area (Å²) in [4.78, 5) is 17.2. The molecule has 1 aliphatic heterocycles. The Morgan fingerprint density at radius 2 is 2.12 bits per heavy atom.